The molecule has 1 aromatic carbocycles. The summed E-state index contributed by atoms with van der Waals surface area (Å²) in [5.41, 5.74) is 1.42. The van der Waals surface area contributed by atoms with E-state index >= 15 is 0 Å². The maximum atomic E-state index is 12.7. The van der Waals surface area contributed by atoms with E-state index in [2.05, 4.69) is 19.6 Å². The number of hydrogen-bond acceptors (Lipinski definition) is 6. The Labute approximate surface area is 164 Å². The van der Waals surface area contributed by atoms with Gasteiger partial charge in [-0.05, 0) is 50.5 Å². The zero-order valence-corrected chi connectivity index (χ0v) is 17.0. The van der Waals surface area contributed by atoms with Gasteiger partial charge < -0.3 is 9.64 Å². The maximum absolute atomic E-state index is 12.7. The predicted molar refractivity (Wildman–Crippen MR) is 105 cm³/mol. The molecule has 0 atom stereocenters. The summed E-state index contributed by atoms with van der Waals surface area (Å²) in [7, 11) is -2.39. The Morgan fingerprint density at radius 2 is 1.93 bits per heavy atom. The predicted octanol–water partition coefficient (Wildman–Crippen LogP) is 2.92. The minimum absolute atomic E-state index is 0.000433. The summed E-state index contributed by atoms with van der Waals surface area (Å²) in [5, 5.41) is 0.321. The summed E-state index contributed by atoms with van der Waals surface area (Å²) in [6, 6.07) is 6.26. The Kier molecular flexibility index (Phi) is 6.18. The van der Waals surface area contributed by atoms with Crippen molar-refractivity contribution >= 4 is 27.6 Å². The van der Waals surface area contributed by atoms with Crippen molar-refractivity contribution in [2.75, 3.05) is 25.1 Å². The Balaban J connectivity index is 1.80. The van der Waals surface area contributed by atoms with Crippen LogP contribution in [0, 0.1) is 6.92 Å². The summed E-state index contributed by atoms with van der Waals surface area (Å²) in [5.74, 6) is 0.893. The Hall–Kier alpha value is -1.90. The first-order valence-electron chi connectivity index (χ1n) is 8.82. The molecule has 7 nitrogen and oxygen atoms in total. The van der Waals surface area contributed by atoms with Crippen LogP contribution in [-0.2, 0) is 16.6 Å². The number of halogens is 1. The third kappa shape index (κ3) is 4.88. The van der Waals surface area contributed by atoms with Gasteiger partial charge in [-0.2, -0.15) is 0 Å². The molecule has 0 radical (unpaired) electrons. The summed E-state index contributed by atoms with van der Waals surface area (Å²) >= 11 is 5.95. The molecule has 0 amide bonds. The van der Waals surface area contributed by atoms with Crippen molar-refractivity contribution in [1.82, 2.24) is 14.7 Å². The highest BCUT2D eigenvalue weighted by molar-refractivity contribution is 7.89. The van der Waals surface area contributed by atoms with Gasteiger partial charge in [0.05, 0.1) is 19.3 Å². The molecule has 2 aromatic rings. The van der Waals surface area contributed by atoms with Crippen molar-refractivity contribution in [2.45, 2.75) is 37.6 Å². The molecule has 0 bridgehead atoms. The number of ether oxygens (including phenoxy) is 1. The summed E-state index contributed by atoms with van der Waals surface area (Å²) in [6.07, 6.45) is 3.46. The molecule has 1 saturated heterocycles. The monoisotopic (exact) mass is 410 g/mol. The van der Waals surface area contributed by atoms with Crippen molar-refractivity contribution in [3.63, 3.8) is 0 Å². The first kappa shape index (κ1) is 19.9. The SMILES string of the molecule is COc1ccc(Cl)cc1S(=O)(=O)NCc1cc(C)nc(N2CCCCC2)n1. The molecule has 0 spiro atoms. The second-order valence-electron chi connectivity index (χ2n) is 6.47. The minimum atomic E-state index is -3.81. The smallest absolute Gasteiger partial charge is 0.244 e. The number of sulfonamides is 1. The molecular weight excluding hydrogens is 388 g/mol. The molecule has 0 aliphatic carbocycles. The Bertz CT molecular complexity index is 915. The van der Waals surface area contributed by atoms with Gasteiger partial charge in [0, 0.05) is 23.8 Å². The number of benzene rings is 1. The second-order valence-corrected chi connectivity index (χ2v) is 8.64. The molecule has 2 heterocycles. The van der Waals surface area contributed by atoms with Gasteiger partial charge in [0.2, 0.25) is 16.0 Å². The van der Waals surface area contributed by atoms with Gasteiger partial charge in [-0.3, -0.25) is 0 Å². The third-order valence-corrected chi connectivity index (χ3v) is 6.05. The topological polar surface area (TPSA) is 84.4 Å². The van der Waals surface area contributed by atoms with Gasteiger partial charge in [-0.1, -0.05) is 11.6 Å². The molecule has 3 rings (SSSR count). The number of methoxy groups -OCH3 is 1. The van der Waals surface area contributed by atoms with Crippen LogP contribution in [0.5, 0.6) is 5.75 Å². The van der Waals surface area contributed by atoms with E-state index in [9.17, 15) is 8.42 Å². The standard InChI is InChI=1S/C18H23ClN4O3S/c1-13-10-15(22-18(21-13)23-8-4-3-5-9-23)12-20-27(24,25)17-11-14(19)6-7-16(17)26-2/h6-7,10-11,20H,3-5,8-9,12H2,1-2H3. The lowest BCUT2D eigenvalue weighted by atomic mass is 10.1. The van der Waals surface area contributed by atoms with E-state index in [-0.39, 0.29) is 17.2 Å². The van der Waals surface area contributed by atoms with Crippen LogP contribution in [0.4, 0.5) is 5.95 Å². The molecule has 1 aliphatic rings. The zero-order valence-electron chi connectivity index (χ0n) is 15.4. The van der Waals surface area contributed by atoms with E-state index in [1.165, 1.54) is 25.7 Å². The third-order valence-electron chi connectivity index (χ3n) is 4.39. The van der Waals surface area contributed by atoms with E-state index in [1.807, 2.05) is 6.92 Å². The summed E-state index contributed by atoms with van der Waals surface area (Å²) in [4.78, 5) is 11.2. The van der Waals surface area contributed by atoms with Gasteiger partial charge in [-0.15, -0.1) is 0 Å². The van der Waals surface area contributed by atoms with Crippen LogP contribution in [0.15, 0.2) is 29.2 Å². The van der Waals surface area contributed by atoms with Crippen molar-refractivity contribution in [3.05, 3.63) is 40.7 Å². The van der Waals surface area contributed by atoms with Crippen LogP contribution < -0.4 is 14.4 Å². The highest BCUT2D eigenvalue weighted by atomic mass is 35.5. The molecule has 27 heavy (non-hydrogen) atoms. The first-order chi connectivity index (χ1) is 12.9. The van der Waals surface area contributed by atoms with Crippen LogP contribution >= 0.6 is 11.6 Å². The van der Waals surface area contributed by atoms with Gasteiger partial charge in [0.15, 0.2) is 0 Å². The molecule has 0 unspecified atom stereocenters. The number of hydrogen-bond donors (Lipinski definition) is 1. The fourth-order valence-corrected chi connectivity index (χ4v) is 4.48. The molecule has 0 saturated carbocycles. The number of aryl methyl sites for hydroxylation is 1. The quantitative estimate of drug-likeness (QED) is 0.788. The van der Waals surface area contributed by atoms with Crippen molar-refractivity contribution in [3.8, 4) is 5.75 Å². The lowest BCUT2D eigenvalue weighted by molar-refractivity contribution is 0.402. The van der Waals surface area contributed by atoms with Crippen molar-refractivity contribution < 1.29 is 13.2 Å². The maximum Gasteiger partial charge on any atom is 0.244 e. The Morgan fingerprint density at radius 3 is 2.63 bits per heavy atom. The van der Waals surface area contributed by atoms with E-state index in [4.69, 9.17) is 16.3 Å². The van der Waals surface area contributed by atoms with Crippen LogP contribution in [-0.4, -0.2) is 38.6 Å². The molecule has 1 fully saturated rings. The van der Waals surface area contributed by atoms with E-state index in [0.29, 0.717) is 16.7 Å². The van der Waals surface area contributed by atoms with Gasteiger partial charge in [0.1, 0.15) is 10.6 Å². The largest absolute Gasteiger partial charge is 0.495 e. The molecular formula is C18H23ClN4O3S. The first-order valence-corrected chi connectivity index (χ1v) is 10.7. The highest BCUT2D eigenvalue weighted by Gasteiger charge is 2.21. The Morgan fingerprint density at radius 1 is 1.19 bits per heavy atom. The van der Waals surface area contributed by atoms with Gasteiger partial charge in [-0.25, -0.2) is 23.1 Å². The number of piperidine rings is 1. The highest BCUT2D eigenvalue weighted by Crippen LogP contribution is 2.27. The van der Waals surface area contributed by atoms with Crippen molar-refractivity contribution in [1.29, 1.82) is 0 Å². The molecule has 1 N–H and O–H groups in total. The average molecular weight is 411 g/mol. The number of rotatable bonds is 6. The summed E-state index contributed by atoms with van der Waals surface area (Å²) in [6.45, 7) is 3.79. The second kappa shape index (κ2) is 8.41. The van der Waals surface area contributed by atoms with Gasteiger partial charge >= 0.3 is 0 Å². The normalized spacial score (nSPS) is 15.0. The van der Waals surface area contributed by atoms with Crippen LogP contribution in [0.1, 0.15) is 30.7 Å². The fraction of sp³-hybridized carbons (Fsp3) is 0.444. The molecule has 146 valence electrons. The van der Waals surface area contributed by atoms with E-state index in [1.54, 1.807) is 12.1 Å². The number of aromatic nitrogens is 2. The lowest BCUT2D eigenvalue weighted by Gasteiger charge is -2.27. The number of nitrogens with one attached hydrogen (secondary N) is 1. The molecule has 1 aliphatic heterocycles. The van der Waals surface area contributed by atoms with E-state index < -0.39 is 10.0 Å². The van der Waals surface area contributed by atoms with Crippen LogP contribution in [0.2, 0.25) is 5.02 Å². The average Bonchev–Trinajstić information content (AvgIpc) is 2.67. The zero-order chi connectivity index (χ0) is 19.4. The molecule has 1 aromatic heterocycles. The lowest BCUT2D eigenvalue weighted by Crippen LogP contribution is -2.32. The van der Waals surface area contributed by atoms with E-state index in [0.717, 1.165) is 31.6 Å². The fourth-order valence-electron chi connectivity index (χ4n) is 3.05. The number of anilines is 1. The van der Waals surface area contributed by atoms with Crippen LogP contribution in [0.3, 0.4) is 0 Å². The van der Waals surface area contributed by atoms with Crippen molar-refractivity contribution in [2.24, 2.45) is 0 Å². The van der Waals surface area contributed by atoms with Gasteiger partial charge in [0.25, 0.3) is 0 Å². The summed E-state index contributed by atoms with van der Waals surface area (Å²) < 4.78 is 33.1. The minimum Gasteiger partial charge on any atom is -0.495 e. The van der Waals surface area contributed by atoms with Crippen LogP contribution in [0.25, 0.3) is 0 Å². The molecule has 9 heteroatoms. The number of nitrogens with zero attached hydrogens (tertiary/aromatic N) is 3.